The van der Waals surface area contributed by atoms with Gasteiger partial charge in [0.15, 0.2) is 0 Å². The van der Waals surface area contributed by atoms with Crippen LogP contribution in [-0.2, 0) is 16.4 Å². The number of sulfonamides is 1. The number of benzene rings is 2. The van der Waals surface area contributed by atoms with Crippen LogP contribution in [0.2, 0.25) is 0 Å². The molecule has 1 heterocycles. The number of piperazine rings is 1. The predicted octanol–water partition coefficient (Wildman–Crippen LogP) is 2.69. The largest absolute Gasteiger partial charge is 0.496 e. The molecular formula is C20H25FN2O3S. The van der Waals surface area contributed by atoms with E-state index in [-0.39, 0.29) is 4.90 Å². The normalized spacial score (nSPS) is 16.4. The summed E-state index contributed by atoms with van der Waals surface area (Å²) >= 11 is 0. The van der Waals surface area contributed by atoms with Crippen LogP contribution in [0.5, 0.6) is 5.75 Å². The van der Waals surface area contributed by atoms with Crippen molar-refractivity contribution in [2.45, 2.75) is 18.2 Å². The number of rotatable bonds is 6. The maximum Gasteiger partial charge on any atom is 0.243 e. The molecule has 3 rings (SSSR count). The molecule has 0 aliphatic carbocycles. The molecule has 1 aliphatic heterocycles. The van der Waals surface area contributed by atoms with Crippen molar-refractivity contribution in [1.82, 2.24) is 9.21 Å². The molecule has 0 unspecified atom stereocenters. The Balaban J connectivity index is 1.60. The van der Waals surface area contributed by atoms with E-state index < -0.39 is 15.8 Å². The molecule has 0 aromatic heterocycles. The van der Waals surface area contributed by atoms with Gasteiger partial charge in [0.25, 0.3) is 0 Å². The molecular weight excluding hydrogens is 367 g/mol. The van der Waals surface area contributed by atoms with Gasteiger partial charge in [-0.05, 0) is 48.7 Å². The summed E-state index contributed by atoms with van der Waals surface area (Å²) in [5.41, 5.74) is 1.59. The Morgan fingerprint density at radius 1 is 1.07 bits per heavy atom. The Morgan fingerprint density at radius 2 is 1.78 bits per heavy atom. The summed E-state index contributed by atoms with van der Waals surface area (Å²) in [6, 6.07) is 11.8. The van der Waals surface area contributed by atoms with Crippen LogP contribution in [0.1, 0.15) is 11.1 Å². The predicted molar refractivity (Wildman–Crippen MR) is 103 cm³/mol. The molecule has 0 amide bonds. The van der Waals surface area contributed by atoms with Gasteiger partial charge in [0.05, 0.1) is 12.0 Å². The van der Waals surface area contributed by atoms with Gasteiger partial charge in [0.1, 0.15) is 11.6 Å². The highest BCUT2D eigenvalue weighted by atomic mass is 32.2. The van der Waals surface area contributed by atoms with Gasteiger partial charge < -0.3 is 9.64 Å². The van der Waals surface area contributed by atoms with Gasteiger partial charge in [0, 0.05) is 32.7 Å². The zero-order valence-corrected chi connectivity index (χ0v) is 16.5. The second kappa shape index (κ2) is 8.37. The molecule has 2 aromatic carbocycles. The van der Waals surface area contributed by atoms with Crippen molar-refractivity contribution in [2.75, 3.05) is 39.8 Å². The molecule has 146 valence electrons. The summed E-state index contributed by atoms with van der Waals surface area (Å²) in [6.07, 6.45) is 0.855. The number of aryl methyl sites for hydroxylation is 1. The van der Waals surface area contributed by atoms with Gasteiger partial charge in [-0.25, -0.2) is 12.8 Å². The van der Waals surface area contributed by atoms with Crippen molar-refractivity contribution in [3.63, 3.8) is 0 Å². The van der Waals surface area contributed by atoms with E-state index in [0.29, 0.717) is 31.7 Å². The lowest BCUT2D eigenvalue weighted by atomic mass is 10.1. The molecule has 1 fully saturated rings. The minimum atomic E-state index is -3.59. The highest BCUT2D eigenvalue weighted by Crippen LogP contribution is 2.22. The lowest BCUT2D eigenvalue weighted by Gasteiger charge is -2.34. The van der Waals surface area contributed by atoms with Crippen LogP contribution < -0.4 is 4.74 Å². The van der Waals surface area contributed by atoms with E-state index in [1.165, 1.54) is 22.5 Å². The highest BCUT2D eigenvalue weighted by Gasteiger charge is 2.29. The first-order chi connectivity index (χ1) is 12.9. The van der Waals surface area contributed by atoms with E-state index in [2.05, 4.69) is 11.0 Å². The molecule has 5 nitrogen and oxygen atoms in total. The van der Waals surface area contributed by atoms with E-state index in [4.69, 9.17) is 4.74 Å². The van der Waals surface area contributed by atoms with Crippen molar-refractivity contribution in [3.8, 4) is 5.75 Å². The smallest absolute Gasteiger partial charge is 0.243 e. The van der Waals surface area contributed by atoms with Crippen LogP contribution in [0.4, 0.5) is 4.39 Å². The Hall–Kier alpha value is -1.96. The molecule has 7 heteroatoms. The van der Waals surface area contributed by atoms with Crippen molar-refractivity contribution in [3.05, 3.63) is 59.4 Å². The van der Waals surface area contributed by atoms with Crippen molar-refractivity contribution < 1.29 is 17.5 Å². The summed E-state index contributed by atoms with van der Waals surface area (Å²) in [5, 5.41) is 0. The molecule has 0 N–H and O–H groups in total. The minimum Gasteiger partial charge on any atom is -0.496 e. The summed E-state index contributed by atoms with van der Waals surface area (Å²) in [4.78, 5) is 2.45. The molecule has 27 heavy (non-hydrogen) atoms. The van der Waals surface area contributed by atoms with E-state index in [9.17, 15) is 12.8 Å². The van der Waals surface area contributed by atoms with Crippen LogP contribution in [-0.4, -0.2) is 57.5 Å². The fourth-order valence-electron chi connectivity index (χ4n) is 3.42. The molecule has 0 atom stereocenters. The molecule has 0 radical (unpaired) electrons. The first-order valence-corrected chi connectivity index (χ1v) is 10.5. The molecule has 0 saturated carbocycles. The topological polar surface area (TPSA) is 49.9 Å². The third-order valence-electron chi connectivity index (χ3n) is 4.98. The van der Waals surface area contributed by atoms with Gasteiger partial charge in [-0.2, -0.15) is 4.31 Å². The molecule has 1 saturated heterocycles. The van der Waals surface area contributed by atoms with Crippen LogP contribution in [0.3, 0.4) is 0 Å². The maximum absolute atomic E-state index is 13.3. The third kappa shape index (κ3) is 4.48. The van der Waals surface area contributed by atoms with Crippen LogP contribution in [0.15, 0.2) is 47.4 Å². The Morgan fingerprint density at radius 3 is 2.44 bits per heavy atom. The Labute approximate surface area is 160 Å². The van der Waals surface area contributed by atoms with Gasteiger partial charge in [-0.1, -0.05) is 18.2 Å². The average Bonchev–Trinajstić information content (AvgIpc) is 2.66. The standard InChI is InChI=1S/C20H25FN2O3S/c1-16-15-18(21)7-8-20(16)27(24,25)23-13-11-22(12-14-23)10-9-17-5-3-4-6-19(17)26-2/h3-8,15H,9-14H2,1-2H3. The number of halogens is 1. The van der Waals surface area contributed by atoms with Crippen molar-refractivity contribution in [1.29, 1.82) is 0 Å². The van der Waals surface area contributed by atoms with Crippen molar-refractivity contribution >= 4 is 10.0 Å². The number of para-hydroxylation sites is 1. The van der Waals surface area contributed by atoms with Gasteiger partial charge in [0.2, 0.25) is 10.0 Å². The SMILES string of the molecule is COc1ccccc1CCN1CCN(S(=O)(=O)c2ccc(F)cc2C)CC1. The van der Waals surface area contributed by atoms with Gasteiger partial charge in [-0.15, -0.1) is 0 Å². The fraction of sp³-hybridized carbons (Fsp3) is 0.400. The second-order valence-corrected chi connectivity index (χ2v) is 8.62. The minimum absolute atomic E-state index is 0.186. The summed E-state index contributed by atoms with van der Waals surface area (Å²) in [5.74, 6) is 0.457. The zero-order valence-electron chi connectivity index (χ0n) is 15.7. The molecule has 1 aliphatic rings. The number of ether oxygens (including phenoxy) is 1. The number of hydrogen-bond donors (Lipinski definition) is 0. The van der Waals surface area contributed by atoms with Crippen LogP contribution in [0, 0.1) is 12.7 Å². The summed E-state index contributed by atoms with van der Waals surface area (Å²) in [7, 11) is -1.92. The third-order valence-corrected chi connectivity index (χ3v) is 7.03. The quantitative estimate of drug-likeness (QED) is 0.759. The number of nitrogens with zero attached hydrogens (tertiary/aromatic N) is 2. The fourth-order valence-corrected chi connectivity index (χ4v) is 5.05. The Kier molecular flexibility index (Phi) is 6.14. The van der Waals surface area contributed by atoms with Crippen LogP contribution in [0.25, 0.3) is 0 Å². The highest BCUT2D eigenvalue weighted by molar-refractivity contribution is 7.89. The van der Waals surface area contributed by atoms with Crippen LogP contribution >= 0.6 is 0 Å². The zero-order chi connectivity index (χ0) is 19.4. The molecule has 0 spiro atoms. The Bertz CT molecular complexity index is 894. The number of methoxy groups -OCH3 is 1. The lowest BCUT2D eigenvalue weighted by molar-refractivity contribution is 0.189. The molecule has 0 bridgehead atoms. The first-order valence-electron chi connectivity index (χ1n) is 9.02. The van der Waals surface area contributed by atoms with Gasteiger partial charge >= 0.3 is 0 Å². The van der Waals surface area contributed by atoms with Gasteiger partial charge in [-0.3, -0.25) is 0 Å². The first kappa shape index (κ1) is 19.8. The van der Waals surface area contributed by atoms with E-state index in [1.54, 1.807) is 14.0 Å². The van der Waals surface area contributed by atoms with Crippen molar-refractivity contribution in [2.24, 2.45) is 0 Å². The van der Waals surface area contributed by atoms with E-state index in [0.717, 1.165) is 24.3 Å². The average molecular weight is 392 g/mol. The second-order valence-electron chi connectivity index (χ2n) is 6.72. The monoisotopic (exact) mass is 392 g/mol. The lowest BCUT2D eigenvalue weighted by Crippen LogP contribution is -2.49. The maximum atomic E-state index is 13.3. The van der Waals surface area contributed by atoms with E-state index in [1.807, 2.05) is 18.2 Å². The summed E-state index contributed by atoms with van der Waals surface area (Å²) in [6.45, 7) is 4.70. The number of hydrogen-bond acceptors (Lipinski definition) is 4. The summed E-state index contributed by atoms with van der Waals surface area (Å²) < 4.78 is 45.9. The van der Waals surface area contributed by atoms with E-state index >= 15 is 0 Å². The molecule has 2 aromatic rings.